The zero-order chi connectivity index (χ0) is 17.5. The minimum absolute atomic E-state index is 0.0860. The molecule has 128 valence electrons. The van der Waals surface area contributed by atoms with Crippen LogP contribution >= 0.6 is 11.6 Å². The maximum atomic E-state index is 11.6. The van der Waals surface area contributed by atoms with Gasteiger partial charge >= 0.3 is 0 Å². The SMILES string of the molecule is C#CC(Oc1ccccc1C(N)=O)C1CC2CCC(Cl)(C1N)N2C. The number of primary amides is 1. The molecule has 5 nitrogen and oxygen atoms in total. The maximum absolute atomic E-state index is 11.6. The highest BCUT2D eigenvalue weighted by Crippen LogP contribution is 2.48. The molecule has 0 radical (unpaired) electrons. The number of amides is 1. The molecule has 5 atom stereocenters. The third kappa shape index (κ3) is 2.65. The number of nitrogens with two attached hydrogens (primary N) is 2. The van der Waals surface area contributed by atoms with E-state index in [0.29, 0.717) is 17.4 Å². The minimum atomic E-state index is -0.588. The normalized spacial score (nSPS) is 33.7. The summed E-state index contributed by atoms with van der Waals surface area (Å²) < 4.78 is 5.98. The van der Waals surface area contributed by atoms with E-state index in [1.54, 1.807) is 24.3 Å². The van der Waals surface area contributed by atoms with Crippen molar-refractivity contribution in [1.82, 2.24) is 4.90 Å². The molecule has 4 N–H and O–H groups in total. The number of hydrogen-bond acceptors (Lipinski definition) is 4. The largest absolute Gasteiger partial charge is 0.477 e. The Kier molecular flexibility index (Phi) is 4.48. The van der Waals surface area contributed by atoms with Crippen molar-refractivity contribution in [3.05, 3.63) is 29.8 Å². The molecule has 2 saturated heterocycles. The van der Waals surface area contributed by atoms with Gasteiger partial charge in [-0.3, -0.25) is 9.69 Å². The second kappa shape index (κ2) is 6.29. The first-order valence-electron chi connectivity index (χ1n) is 8.07. The van der Waals surface area contributed by atoms with E-state index in [1.165, 1.54) is 0 Å². The summed E-state index contributed by atoms with van der Waals surface area (Å²) in [6, 6.07) is 6.84. The first-order chi connectivity index (χ1) is 11.4. The highest BCUT2D eigenvalue weighted by molar-refractivity contribution is 6.24. The number of carbonyl (C=O) groups is 1. The van der Waals surface area contributed by atoms with E-state index in [0.717, 1.165) is 19.3 Å². The van der Waals surface area contributed by atoms with Gasteiger partial charge in [-0.05, 0) is 38.4 Å². The van der Waals surface area contributed by atoms with Gasteiger partial charge in [0.1, 0.15) is 10.7 Å². The number of hydrogen-bond donors (Lipinski definition) is 2. The molecule has 6 heteroatoms. The number of likely N-dealkylation sites (N-methyl/N-ethyl adjacent to an activating group) is 1. The molecule has 2 bridgehead atoms. The average Bonchev–Trinajstić information content (AvgIpc) is 2.78. The molecule has 1 aromatic rings. The first-order valence-corrected chi connectivity index (χ1v) is 8.45. The Bertz CT molecular complexity index is 689. The van der Waals surface area contributed by atoms with E-state index in [9.17, 15) is 4.79 Å². The average molecular weight is 348 g/mol. The molecule has 2 fully saturated rings. The quantitative estimate of drug-likeness (QED) is 0.492. The fraction of sp³-hybridized carbons (Fsp3) is 0.500. The molecule has 2 aliphatic rings. The van der Waals surface area contributed by atoms with Crippen LogP contribution < -0.4 is 16.2 Å². The Balaban J connectivity index is 1.86. The molecule has 2 heterocycles. The summed E-state index contributed by atoms with van der Waals surface area (Å²) in [5, 5.41) is 0. The lowest BCUT2D eigenvalue weighted by atomic mass is 9.82. The van der Waals surface area contributed by atoms with Crippen LogP contribution in [0, 0.1) is 18.3 Å². The lowest BCUT2D eigenvalue weighted by Crippen LogP contribution is -2.63. The van der Waals surface area contributed by atoms with Gasteiger partial charge in [0, 0.05) is 18.0 Å². The van der Waals surface area contributed by atoms with Gasteiger partial charge in [-0.1, -0.05) is 18.1 Å². The van der Waals surface area contributed by atoms with Crippen molar-refractivity contribution in [2.24, 2.45) is 17.4 Å². The molecule has 3 rings (SSSR count). The number of ether oxygens (including phenoxy) is 1. The highest BCUT2D eigenvalue weighted by atomic mass is 35.5. The van der Waals surface area contributed by atoms with Crippen molar-refractivity contribution in [2.45, 2.75) is 42.4 Å². The third-order valence-corrected chi connectivity index (χ3v) is 6.15. The van der Waals surface area contributed by atoms with Gasteiger partial charge in [0.25, 0.3) is 5.91 Å². The monoisotopic (exact) mass is 347 g/mol. The molecular formula is C18H22ClN3O2. The van der Waals surface area contributed by atoms with E-state index in [4.69, 9.17) is 34.2 Å². The zero-order valence-electron chi connectivity index (χ0n) is 13.6. The van der Waals surface area contributed by atoms with Crippen LogP contribution in [-0.2, 0) is 0 Å². The number of fused-ring (bicyclic) bond motifs is 2. The van der Waals surface area contributed by atoms with Crippen LogP contribution in [0.3, 0.4) is 0 Å². The smallest absolute Gasteiger partial charge is 0.252 e. The van der Waals surface area contributed by atoms with Gasteiger partial charge in [0.2, 0.25) is 0 Å². The summed E-state index contributed by atoms with van der Waals surface area (Å²) in [6.07, 6.45) is 7.82. The Morgan fingerprint density at radius 3 is 2.92 bits per heavy atom. The fourth-order valence-electron chi connectivity index (χ4n) is 3.98. The summed E-state index contributed by atoms with van der Waals surface area (Å²) in [7, 11) is 2.01. The Hall–Kier alpha value is -1.74. The van der Waals surface area contributed by atoms with Crippen molar-refractivity contribution in [1.29, 1.82) is 0 Å². The molecule has 0 aliphatic carbocycles. The van der Waals surface area contributed by atoms with Crippen molar-refractivity contribution in [3.63, 3.8) is 0 Å². The summed E-state index contributed by atoms with van der Waals surface area (Å²) in [6.45, 7) is 0. The van der Waals surface area contributed by atoms with Crippen molar-refractivity contribution in [3.8, 4) is 18.1 Å². The number of halogens is 1. The lowest BCUT2D eigenvalue weighted by molar-refractivity contribution is 0.0385. The minimum Gasteiger partial charge on any atom is -0.477 e. The molecule has 1 aromatic carbocycles. The van der Waals surface area contributed by atoms with Crippen LogP contribution in [0.4, 0.5) is 0 Å². The molecule has 0 spiro atoms. The molecule has 0 aromatic heterocycles. The summed E-state index contributed by atoms with van der Waals surface area (Å²) in [5.41, 5.74) is 12.2. The van der Waals surface area contributed by atoms with Gasteiger partial charge in [-0.15, -0.1) is 18.0 Å². The topological polar surface area (TPSA) is 81.6 Å². The number of para-hydroxylation sites is 1. The van der Waals surface area contributed by atoms with E-state index in [2.05, 4.69) is 10.8 Å². The zero-order valence-corrected chi connectivity index (χ0v) is 14.4. The predicted octanol–water partition coefficient (Wildman–Crippen LogP) is 1.54. The Morgan fingerprint density at radius 2 is 2.25 bits per heavy atom. The Morgan fingerprint density at radius 1 is 1.54 bits per heavy atom. The van der Waals surface area contributed by atoms with Crippen molar-refractivity contribution < 1.29 is 9.53 Å². The molecule has 0 saturated carbocycles. The maximum Gasteiger partial charge on any atom is 0.252 e. The molecule has 1 amide bonds. The Labute approximate surface area is 147 Å². The van der Waals surface area contributed by atoms with Crippen LogP contribution in [0.15, 0.2) is 24.3 Å². The number of nitrogens with zero attached hydrogens (tertiary/aromatic N) is 1. The van der Waals surface area contributed by atoms with Gasteiger partial charge in [0.15, 0.2) is 6.10 Å². The van der Waals surface area contributed by atoms with E-state index >= 15 is 0 Å². The third-order valence-electron chi connectivity index (χ3n) is 5.44. The van der Waals surface area contributed by atoms with Gasteiger partial charge in [0.05, 0.1) is 5.56 Å². The molecule has 5 unspecified atom stereocenters. The summed E-state index contributed by atoms with van der Waals surface area (Å²) >= 11 is 6.79. The van der Waals surface area contributed by atoms with E-state index in [-0.39, 0.29) is 12.0 Å². The highest BCUT2D eigenvalue weighted by Gasteiger charge is 2.56. The standard InChI is InChI=1S/C18H22ClN3O2/c1-3-14(24-15-7-5-4-6-12(15)17(21)23)13-10-11-8-9-18(19,16(13)20)22(11)2/h1,4-7,11,13-14,16H,8-10,20H2,2H3,(H2,21,23). The summed E-state index contributed by atoms with van der Waals surface area (Å²) in [4.78, 5) is 13.1. The van der Waals surface area contributed by atoms with Crippen molar-refractivity contribution in [2.75, 3.05) is 7.05 Å². The molecule has 24 heavy (non-hydrogen) atoms. The van der Waals surface area contributed by atoms with Crippen LogP contribution in [0.1, 0.15) is 29.6 Å². The van der Waals surface area contributed by atoms with Gasteiger partial charge in [-0.2, -0.15) is 0 Å². The fourth-order valence-corrected chi connectivity index (χ4v) is 4.38. The number of alkyl halides is 1. The number of carbonyl (C=O) groups excluding carboxylic acids is 1. The number of benzene rings is 1. The first kappa shape index (κ1) is 17.1. The van der Waals surface area contributed by atoms with Crippen LogP contribution in [0.2, 0.25) is 0 Å². The van der Waals surface area contributed by atoms with Crippen molar-refractivity contribution >= 4 is 17.5 Å². The van der Waals surface area contributed by atoms with Crippen LogP contribution in [-0.4, -0.2) is 41.0 Å². The second-order valence-corrected chi connectivity index (χ2v) is 7.27. The lowest BCUT2D eigenvalue weighted by Gasteiger charge is -2.47. The van der Waals surface area contributed by atoms with Gasteiger partial charge in [-0.25, -0.2) is 0 Å². The molecule has 2 aliphatic heterocycles. The predicted molar refractivity (Wildman–Crippen MR) is 93.7 cm³/mol. The number of piperidine rings is 1. The van der Waals surface area contributed by atoms with E-state index < -0.39 is 17.0 Å². The molecular weight excluding hydrogens is 326 g/mol. The van der Waals surface area contributed by atoms with Crippen LogP contribution in [0.5, 0.6) is 5.75 Å². The van der Waals surface area contributed by atoms with Gasteiger partial charge < -0.3 is 16.2 Å². The van der Waals surface area contributed by atoms with Crippen LogP contribution in [0.25, 0.3) is 0 Å². The number of rotatable bonds is 4. The number of terminal acetylenes is 1. The second-order valence-electron chi connectivity index (χ2n) is 6.61. The van der Waals surface area contributed by atoms with E-state index in [1.807, 2.05) is 7.05 Å². The summed E-state index contributed by atoms with van der Waals surface area (Å²) in [5.74, 6) is 2.43.